The fraction of sp³-hybridized carbons (Fsp3) is 0.538. The first-order valence-corrected chi connectivity index (χ1v) is 6.92. The number of likely N-dealkylation sites (tertiary alicyclic amines) is 1. The zero-order valence-corrected chi connectivity index (χ0v) is 10.8. The first-order valence-electron chi connectivity index (χ1n) is 5.69. The Balaban J connectivity index is 2.16. The lowest BCUT2D eigenvalue weighted by Crippen LogP contribution is -2.40. The lowest BCUT2D eigenvalue weighted by Gasteiger charge is -2.37. The quantitative estimate of drug-likeness (QED) is 0.799. The number of thioether (sulfide) groups is 1. The van der Waals surface area contributed by atoms with Crippen LogP contribution >= 0.6 is 11.8 Å². The first kappa shape index (κ1) is 12.0. The van der Waals surface area contributed by atoms with Gasteiger partial charge in [-0.05, 0) is 43.8 Å². The van der Waals surface area contributed by atoms with Gasteiger partial charge in [0.15, 0.2) is 0 Å². The van der Waals surface area contributed by atoms with E-state index in [0.717, 1.165) is 31.5 Å². The highest BCUT2D eigenvalue weighted by atomic mass is 32.2. The van der Waals surface area contributed by atoms with Crippen LogP contribution in [0.1, 0.15) is 18.4 Å². The monoisotopic (exact) mass is 237 g/mol. The van der Waals surface area contributed by atoms with E-state index < -0.39 is 5.60 Å². The lowest BCUT2D eigenvalue weighted by atomic mass is 9.85. The molecule has 1 aromatic carbocycles. The van der Waals surface area contributed by atoms with Crippen molar-refractivity contribution in [3.05, 3.63) is 29.8 Å². The Labute approximate surface area is 102 Å². The second-order valence-corrected chi connectivity index (χ2v) is 5.44. The summed E-state index contributed by atoms with van der Waals surface area (Å²) < 4.78 is 0. The van der Waals surface area contributed by atoms with Crippen LogP contribution in [0.3, 0.4) is 0 Å². The van der Waals surface area contributed by atoms with Gasteiger partial charge in [-0.1, -0.05) is 12.1 Å². The Morgan fingerprint density at radius 2 is 1.75 bits per heavy atom. The zero-order chi connectivity index (χ0) is 11.6. The predicted molar refractivity (Wildman–Crippen MR) is 68.9 cm³/mol. The highest BCUT2D eigenvalue weighted by Gasteiger charge is 2.32. The summed E-state index contributed by atoms with van der Waals surface area (Å²) in [5, 5.41) is 10.6. The molecule has 0 aromatic heterocycles. The van der Waals surface area contributed by atoms with Gasteiger partial charge >= 0.3 is 0 Å². The summed E-state index contributed by atoms with van der Waals surface area (Å²) in [6, 6.07) is 8.32. The van der Waals surface area contributed by atoms with Crippen molar-refractivity contribution in [3.63, 3.8) is 0 Å². The molecule has 88 valence electrons. The van der Waals surface area contributed by atoms with Gasteiger partial charge in [0.2, 0.25) is 0 Å². The van der Waals surface area contributed by atoms with Crippen molar-refractivity contribution in [2.75, 3.05) is 26.4 Å². The maximum absolute atomic E-state index is 10.6. The Kier molecular flexibility index (Phi) is 3.57. The smallest absolute Gasteiger partial charge is 0.0920 e. The van der Waals surface area contributed by atoms with E-state index in [1.54, 1.807) is 11.8 Å². The van der Waals surface area contributed by atoms with Crippen molar-refractivity contribution in [2.45, 2.75) is 23.3 Å². The topological polar surface area (TPSA) is 23.5 Å². The molecule has 0 bridgehead atoms. The van der Waals surface area contributed by atoms with E-state index in [1.165, 1.54) is 4.90 Å². The minimum Gasteiger partial charge on any atom is -0.385 e. The molecule has 1 N–H and O–H groups in total. The maximum atomic E-state index is 10.6. The van der Waals surface area contributed by atoms with Crippen molar-refractivity contribution >= 4 is 11.8 Å². The molecular formula is C13H19NOS. The fourth-order valence-electron chi connectivity index (χ4n) is 2.18. The third-order valence-corrected chi connectivity index (χ3v) is 4.19. The van der Waals surface area contributed by atoms with Crippen LogP contribution in [0.2, 0.25) is 0 Å². The van der Waals surface area contributed by atoms with Gasteiger partial charge in [0, 0.05) is 18.0 Å². The van der Waals surface area contributed by atoms with E-state index in [9.17, 15) is 5.11 Å². The molecule has 1 saturated heterocycles. The van der Waals surface area contributed by atoms with Gasteiger partial charge in [-0.2, -0.15) is 0 Å². The van der Waals surface area contributed by atoms with Crippen LogP contribution in [0.5, 0.6) is 0 Å². The van der Waals surface area contributed by atoms with Gasteiger partial charge < -0.3 is 10.0 Å². The van der Waals surface area contributed by atoms with Crippen LogP contribution in [-0.2, 0) is 5.60 Å². The van der Waals surface area contributed by atoms with Crippen molar-refractivity contribution in [3.8, 4) is 0 Å². The second kappa shape index (κ2) is 4.78. The maximum Gasteiger partial charge on any atom is 0.0920 e. The molecule has 1 aliphatic rings. The molecule has 0 amide bonds. The molecule has 1 aromatic rings. The van der Waals surface area contributed by atoms with Crippen LogP contribution in [0.15, 0.2) is 29.2 Å². The molecule has 2 nitrogen and oxygen atoms in total. The molecule has 0 unspecified atom stereocenters. The van der Waals surface area contributed by atoms with Gasteiger partial charge in [0.05, 0.1) is 5.60 Å². The molecule has 2 rings (SSSR count). The minimum atomic E-state index is -0.608. The van der Waals surface area contributed by atoms with Crippen LogP contribution < -0.4 is 0 Å². The SMILES string of the molecule is CSc1ccc(C2(O)CCN(C)CC2)cc1. The number of hydrogen-bond donors (Lipinski definition) is 1. The van der Waals surface area contributed by atoms with Crippen LogP contribution in [-0.4, -0.2) is 36.4 Å². The number of hydrogen-bond acceptors (Lipinski definition) is 3. The van der Waals surface area contributed by atoms with Crippen molar-refractivity contribution in [1.82, 2.24) is 4.90 Å². The average Bonchev–Trinajstić information content (AvgIpc) is 2.33. The molecular weight excluding hydrogens is 218 g/mol. The van der Waals surface area contributed by atoms with Gasteiger partial charge in [-0.25, -0.2) is 0 Å². The molecule has 0 aliphatic carbocycles. The Morgan fingerprint density at radius 3 is 2.25 bits per heavy atom. The largest absolute Gasteiger partial charge is 0.385 e. The molecule has 1 aliphatic heterocycles. The Morgan fingerprint density at radius 1 is 1.19 bits per heavy atom. The number of nitrogens with zero attached hydrogens (tertiary/aromatic N) is 1. The van der Waals surface area contributed by atoms with E-state index in [0.29, 0.717) is 0 Å². The summed E-state index contributed by atoms with van der Waals surface area (Å²) >= 11 is 1.73. The Bertz CT molecular complexity index is 341. The Hall–Kier alpha value is -0.510. The molecule has 0 saturated carbocycles. The van der Waals surface area contributed by atoms with Crippen molar-refractivity contribution < 1.29 is 5.11 Å². The second-order valence-electron chi connectivity index (χ2n) is 4.56. The molecule has 16 heavy (non-hydrogen) atoms. The van der Waals surface area contributed by atoms with E-state index >= 15 is 0 Å². The van der Waals surface area contributed by atoms with Crippen LogP contribution in [0.4, 0.5) is 0 Å². The normalized spacial score (nSPS) is 20.9. The van der Waals surface area contributed by atoms with Gasteiger partial charge in [-0.3, -0.25) is 0 Å². The van der Waals surface area contributed by atoms with E-state index in [-0.39, 0.29) is 0 Å². The highest BCUT2D eigenvalue weighted by Crippen LogP contribution is 2.33. The summed E-state index contributed by atoms with van der Waals surface area (Å²) in [6.45, 7) is 1.95. The van der Waals surface area contributed by atoms with Crippen LogP contribution in [0, 0.1) is 0 Å². The molecule has 1 heterocycles. The van der Waals surface area contributed by atoms with Crippen LogP contribution in [0.25, 0.3) is 0 Å². The first-order chi connectivity index (χ1) is 7.64. The predicted octanol–water partition coefficient (Wildman–Crippen LogP) is 2.32. The summed E-state index contributed by atoms with van der Waals surface area (Å²) in [5.41, 5.74) is 0.460. The molecule has 0 radical (unpaired) electrons. The van der Waals surface area contributed by atoms with Gasteiger partial charge in [0.1, 0.15) is 0 Å². The van der Waals surface area contributed by atoms with E-state index in [1.807, 2.05) is 0 Å². The third kappa shape index (κ3) is 2.42. The number of benzene rings is 1. The number of aliphatic hydroxyl groups is 1. The average molecular weight is 237 g/mol. The summed E-state index contributed by atoms with van der Waals surface area (Å²) in [6.07, 6.45) is 3.74. The van der Waals surface area contributed by atoms with Crippen molar-refractivity contribution in [2.24, 2.45) is 0 Å². The summed E-state index contributed by atoms with van der Waals surface area (Å²) in [4.78, 5) is 3.52. The number of rotatable bonds is 2. The zero-order valence-electron chi connectivity index (χ0n) is 9.94. The van der Waals surface area contributed by atoms with Gasteiger partial charge in [0.25, 0.3) is 0 Å². The van der Waals surface area contributed by atoms with Gasteiger partial charge in [-0.15, -0.1) is 11.8 Å². The molecule has 0 atom stereocenters. The summed E-state index contributed by atoms with van der Waals surface area (Å²) in [5.74, 6) is 0. The standard InChI is InChI=1S/C13H19NOS/c1-14-9-7-13(15,8-10-14)11-3-5-12(16-2)6-4-11/h3-6,15H,7-10H2,1-2H3. The summed E-state index contributed by atoms with van der Waals surface area (Å²) in [7, 11) is 2.11. The molecule has 0 spiro atoms. The molecule has 1 fully saturated rings. The molecule has 3 heteroatoms. The van der Waals surface area contributed by atoms with Crippen molar-refractivity contribution in [1.29, 1.82) is 0 Å². The van der Waals surface area contributed by atoms with E-state index in [2.05, 4.69) is 42.5 Å². The minimum absolute atomic E-state index is 0.608. The fourth-order valence-corrected chi connectivity index (χ4v) is 2.59. The highest BCUT2D eigenvalue weighted by molar-refractivity contribution is 7.98. The third-order valence-electron chi connectivity index (χ3n) is 3.44. The number of piperidine rings is 1. The van der Waals surface area contributed by atoms with E-state index in [4.69, 9.17) is 0 Å². The lowest BCUT2D eigenvalue weighted by molar-refractivity contribution is -0.0203.